The van der Waals surface area contributed by atoms with Crippen LogP contribution in [-0.2, 0) is 0 Å². The molecule has 26 heavy (non-hydrogen) atoms. The van der Waals surface area contributed by atoms with Crippen LogP contribution in [0.1, 0.15) is 18.9 Å². The number of pyridine rings is 1. The molecule has 2 aromatic heterocycles. The Morgan fingerprint density at radius 3 is 2.38 bits per heavy atom. The van der Waals surface area contributed by atoms with Gasteiger partial charge in [-0.2, -0.15) is 0 Å². The minimum atomic E-state index is 0.0772. The van der Waals surface area contributed by atoms with Crippen LogP contribution in [0.2, 0.25) is 0 Å². The predicted octanol–water partition coefficient (Wildman–Crippen LogP) is 0.984. The van der Waals surface area contributed by atoms with Gasteiger partial charge in [0.15, 0.2) is 5.82 Å². The lowest BCUT2D eigenvalue weighted by atomic mass is 10.1. The lowest BCUT2D eigenvalue weighted by molar-refractivity contribution is 0.156. The number of hydrogen-bond acceptors (Lipinski definition) is 6. The summed E-state index contributed by atoms with van der Waals surface area (Å²) in [6.07, 6.45) is 7.69. The van der Waals surface area contributed by atoms with Gasteiger partial charge in [-0.3, -0.25) is 9.69 Å². The van der Waals surface area contributed by atoms with Gasteiger partial charge in [-0.1, -0.05) is 6.07 Å². The van der Waals surface area contributed by atoms with E-state index in [1.807, 2.05) is 29.1 Å². The van der Waals surface area contributed by atoms with Gasteiger partial charge in [-0.05, 0) is 25.0 Å². The van der Waals surface area contributed by atoms with Crippen LogP contribution in [-0.4, -0.2) is 64.7 Å². The van der Waals surface area contributed by atoms with E-state index >= 15 is 0 Å². The minimum Gasteiger partial charge on any atom is -0.354 e. The molecule has 0 amide bonds. The third-order valence-electron chi connectivity index (χ3n) is 5.76. The zero-order valence-electron chi connectivity index (χ0n) is 14.9. The molecular weight excluding hydrogens is 328 g/mol. The Bertz CT molecular complexity index is 819. The number of hydrogen-bond donors (Lipinski definition) is 0. The normalized spacial score (nSPS) is 21.7. The fraction of sp³-hybridized carbons (Fsp3) is 0.526. The molecule has 0 atom stereocenters. The van der Waals surface area contributed by atoms with Gasteiger partial charge in [-0.25, -0.2) is 9.97 Å². The van der Waals surface area contributed by atoms with E-state index in [-0.39, 0.29) is 5.56 Å². The second kappa shape index (κ2) is 6.39. The number of nitrogens with zero attached hydrogens (tertiary/aromatic N) is 6. The fourth-order valence-corrected chi connectivity index (χ4v) is 3.99. The highest BCUT2D eigenvalue weighted by Gasteiger charge is 2.36. The van der Waals surface area contributed by atoms with E-state index in [9.17, 15) is 4.79 Å². The van der Waals surface area contributed by atoms with Crippen LogP contribution in [0, 0.1) is 0 Å². The van der Waals surface area contributed by atoms with Crippen molar-refractivity contribution in [1.82, 2.24) is 19.4 Å². The molecule has 0 unspecified atom stereocenters. The molecule has 2 aliphatic heterocycles. The maximum absolute atomic E-state index is 12.6. The number of piperazine rings is 1. The molecule has 7 heteroatoms. The number of anilines is 2. The molecule has 0 bridgehead atoms. The van der Waals surface area contributed by atoms with Gasteiger partial charge >= 0.3 is 0 Å². The van der Waals surface area contributed by atoms with Crippen LogP contribution in [0.3, 0.4) is 0 Å². The molecule has 5 rings (SSSR count). The van der Waals surface area contributed by atoms with Gasteiger partial charge in [0.1, 0.15) is 5.82 Å². The summed E-state index contributed by atoms with van der Waals surface area (Å²) in [7, 11) is 0. The quantitative estimate of drug-likeness (QED) is 0.818. The average molecular weight is 352 g/mol. The second-order valence-corrected chi connectivity index (χ2v) is 7.46. The fourth-order valence-electron chi connectivity index (χ4n) is 3.99. The molecule has 7 nitrogen and oxygen atoms in total. The van der Waals surface area contributed by atoms with Crippen molar-refractivity contribution < 1.29 is 0 Å². The zero-order valence-corrected chi connectivity index (χ0v) is 14.9. The summed E-state index contributed by atoms with van der Waals surface area (Å²) < 4.78 is 1.86. The van der Waals surface area contributed by atoms with E-state index in [4.69, 9.17) is 0 Å². The van der Waals surface area contributed by atoms with Crippen molar-refractivity contribution in [2.75, 3.05) is 49.1 Å². The summed E-state index contributed by atoms with van der Waals surface area (Å²) in [5, 5.41) is 0. The standard InChI is InChI=1S/C19H24N6O/c26-19-18(21-7-8-25(19)15-4-5-15)24-13-16(14-24)22-9-11-23(12-10-22)17-3-1-2-6-20-17/h1-3,6-8,15-16H,4-5,9-14H2. The molecule has 4 heterocycles. The number of rotatable bonds is 4. The van der Waals surface area contributed by atoms with Crippen molar-refractivity contribution in [2.24, 2.45) is 0 Å². The molecular formula is C19H24N6O. The van der Waals surface area contributed by atoms with Crippen molar-refractivity contribution in [2.45, 2.75) is 24.9 Å². The molecule has 136 valence electrons. The van der Waals surface area contributed by atoms with Gasteiger partial charge in [0.25, 0.3) is 5.56 Å². The van der Waals surface area contributed by atoms with Crippen LogP contribution in [0.4, 0.5) is 11.6 Å². The lowest BCUT2D eigenvalue weighted by Crippen LogP contribution is -2.64. The Morgan fingerprint density at radius 1 is 0.885 bits per heavy atom. The highest BCUT2D eigenvalue weighted by Crippen LogP contribution is 2.33. The topological polar surface area (TPSA) is 57.5 Å². The molecule has 2 saturated heterocycles. The lowest BCUT2D eigenvalue weighted by Gasteiger charge is -2.48. The maximum atomic E-state index is 12.6. The summed E-state index contributed by atoms with van der Waals surface area (Å²) >= 11 is 0. The van der Waals surface area contributed by atoms with Crippen molar-refractivity contribution >= 4 is 11.6 Å². The molecule has 0 radical (unpaired) electrons. The summed E-state index contributed by atoms with van der Waals surface area (Å²) in [4.78, 5) is 28.4. The summed E-state index contributed by atoms with van der Waals surface area (Å²) in [6.45, 7) is 5.91. The first-order valence-corrected chi connectivity index (χ1v) is 9.52. The van der Waals surface area contributed by atoms with Gasteiger partial charge in [0.2, 0.25) is 0 Å². The van der Waals surface area contributed by atoms with Crippen LogP contribution >= 0.6 is 0 Å². The van der Waals surface area contributed by atoms with Crippen LogP contribution in [0.5, 0.6) is 0 Å². The van der Waals surface area contributed by atoms with E-state index in [2.05, 4.69) is 30.7 Å². The average Bonchev–Trinajstić information content (AvgIpc) is 3.48. The monoisotopic (exact) mass is 352 g/mol. The van der Waals surface area contributed by atoms with Crippen LogP contribution < -0.4 is 15.4 Å². The minimum absolute atomic E-state index is 0.0772. The summed E-state index contributed by atoms with van der Waals surface area (Å²) in [6, 6.07) is 7.00. The molecule has 0 aromatic carbocycles. The van der Waals surface area contributed by atoms with E-state index in [0.29, 0.717) is 17.9 Å². The smallest absolute Gasteiger partial charge is 0.293 e. The molecule has 1 aliphatic carbocycles. The van der Waals surface area contributed by atoms with Gasteiger partial charge < -0.3 is 14.4 Å². The maximum Gasteiger partial charge on any atom is 0.293 e. The highest BCUT2D eigenvalue weighted by atomic mass is 16.1. The molecule has 0 spiro atoms. The molecule has 3 aliphatic rings. The van der Waals surface area contributed by atoms with Gasteiger partial charge in [0, 0.05) is 69.9 Å². The molecule has 1 saturated carbocycles. The first-order valence-electron chi connectivity index (χ1n) is 9.52. The van der Waals surface area contributed by atoms with E-state index in [1.54, 1.807) is 6.20 Å². The van der Waals surface area contributed by atoms with Crippen LogP contribution in [0.15, 0.2) is 41.6 Å². The molecule has 0 N–H and O–H groups in total. The van der Waals surface area contributed by atoms with Gasteiger partial charge in [-0.15, -0.1) is 0 Å². The third-order valence-corrected chi connectivity index (χ3v) is 5.76. The zero-order chi connectivity index (χ0) is 17.5. The number of aromatic nitrogens is 3. The van der Waals surface area contributed by atoms with Crippen LogP contribution in [0.25, 0.3) is 0 Å². The molecule has 3 fully saturated rings. The Labute approximate surface area is 152 Å². The first-order chi connectivity index (χ1) is 12.8. The Balaban J connectivity index is 1.18. The van der Waals surface area contributed by atoms with Gasteiger partial charge in [0.05, 0.1) is 0 Å². The van der Waals surface area contributed by atoms with E-state index in [0.717, 1.165) is 57.9 Å². The molecule has 2 aromatic rings. The van der Waals surface area contributed by atoms with E-state index < -0.39 is 0 Å². The third kappa shape index (κ3) is 2.86. The van der Waals surface area contributed by atoms with E-state index in [1.165, 1.54) is 0 Å². The summed E-state index contributed by atoms with van der Waals surface area (Å²) in [5.74, 6) is 1.69. The van der Waals surface area contributed by atoms with Crippen molar-refractivity contribution in [3.8, 4) is 0 Å². The highest BCUT2D eigenvalue weighted by molar-refractivity contribution is 5.41. The van der Waals surface area contributed by atoms with Crippen molar-refractivity contribution in [3.05, 3.63) is 47.1 Å². The largest absolute Gasteiger partial charge is 0.354 e. The van der Waals surface area contributed by atoms with Crippen molar-refractivity contribution in [1.29, 1.82) is 0 Å². The Morgan fingerprint density at radius 2 is 1.69 bits per heavy atom. The first kappa shape index (κ1) is 15.8. The Hall–Kier alpha value is -2.41. The second-order valence-electron chi connectivity index (χ2n) is 7.46. The SMILES string of the molecule is O=c1c(N2CC(N3CCN(c4ccccn4)CC3)C2)nccn1C1CC1. The predicted molar refractivity (Wildman–Crippen MR) is 101 cm³/mol. The van der Waals surface area contributed by atoms with Crippen molar-refractivity contribution in [3.63, 3.8) is 0 Å². The Kier molecular flexibility index (Phi) is 3.89. The summed E-state index contributed by atoms with van der Waals surface area (Å²) in [5.41, 5.74) is 0.0772.